The van der Waals surface area contributed by atoms with Crippen molar-refractivity contribution < 1.29 is 20.4 Å². The van der Waals surface area contributed by atoms with Crippen LogP contribution in [0.25, 0.3) is 0 Å². The van der Waals surface area contributed by atoms with Crippen molar-refractivity contribution in [2.45, 2.75) is 38.5 Å². The van der Waals surface area contributed by atoms with E-state index in [4.69, 9.17) is 0 Å². The van der Waals surface area contributed by atoms with E-state index in [0.29, 0.717) is 44.5 Å². The van der Waals surface area contributed by atoms with Crippen LogP contribution in [0.15, 0.2) is 60.7 Å². The van der Waals surface area contributed by atoms with Crippen LogP contribution in [0.1, 0.15) is 55.6 Å². The number of para-hydroxylation sites is 2. The molecule has 38 heavy (non-hydrogen) atoms. The normalized spacial score (nSPS) is 12.4. The highest BCUT2D eigenvalue weighted by molar-refractivity contribution is 5.56. The molecule has 6 heteroatoms. The Morgan fingerprint density at radius 3 is 1.00 bits per heavy atom. The fraction of sp³-hybridized carbons (Fsp3) is 0.188. The van der Waals surface area contributed by atoms with Crippen molar-refractivity contribution in [1.82, 2.24) is 0 Å². The zero-order valence-electron chi connectivity index (χ0n) is 20.7. The summed E-state index contributed by atoms with van der Waals surface area (Å²) in [6.45, 7) is 0. The highest BCUT2D eigenvalue weighted by atomic mass is 16.3. The van der Waals surface area contributed by atoms with E-state index in [2.05, 4.69) is 12.1 Å². The van der Waals surface area contributed by atoms with Gasteiger partial charge >= 0.3 is 0 Å². The quantitative estimate of drug-likeness (QED) is 0.259. The monoisotopic (exact) mass is 502 g/mol. The van der Waals surface area contributed by atoms with Gasteiger partial charge in [-0.05, 0) is 55.6 Å². The van der Waals surface area contributed by atoms with Crippen molar-refractivity contribution in [3.8, 4) is 35.1 Å². The van der Waals surface area contributed by atoms with Gasteiger partial charge < -0.3 is 20.4 Å². The zero-order valence-corrected chi connectivity index (χ0v) is 20.7. The number of hydrogen-bond acceptors (Lipinski definition) is 6. The van der Waals surface area contributed by atoms with Gasteiger partial charge in [0.25, 0.3) is 0 Å². The molecule has 0 aromatic heterocycles. The lowest BCUT2D eigenvalue weighted by atomic mass is 9.89. The Hall–Kier alpha value is -4.94. The summed E-state index contributed by atoms with van der Waals surface area (Å²) in [5.41, 5.74) is 6.18. The molecule has 0 unspecified atom stereocenters. The van der Waals surface area contributed by atoms with Gasteiger partial charge in [0.15, 0.2) is 0 Å². The van der Waals surface area contributed by atoms with E-state index in [1.165, 1.54) is 0 Å². The molecular weight excluding hydrogens is 476 g/mol. The van der Waals surface area contributed by atoms with E-state index in [1.54, 1.807) is 48.5 Å². The Kier molecular flexibility index (Phi) is 6.64. The highest BCUT2D eigenvalue weighted by Gasteiger charge is 2.20. The molecule has 4 aromatic rings. The van der Waals surface area contributed by atoms with E-state index in [1.807, 2.05) is 12.1 Å². The maximum Gasteiger partial charge on any atom is 0.122 e. The lowest BCUT2D eigenvalue weighted by Crippen LogP contribution is -2.02. The second-order valence-corrected chi connectivity index (χ2v) is 9.75. The molecule has 0 heterocycles. The van der Waals surface area contributed by atoms with E-state index in [9.17, 15) is 30.9 Å². The molecular formula is C32H26N2O4. The number of hydrogen-bond donors (Lipinski definition) is 4. The fourth-order valence-corrected chi connectivity index (χ4v) is 5.27. The Balaban J connectivity index is 1.75. The molecule has 0 atom stereocenters. The molecule has 4 aromatic carbocycles. The van der Waals surface area contributed by atoms with Crippen LogP contribution in [-0.4, -0.2) is 20.4 Å². The van der Waals surface area contributed by atoms with Crippen molar-refractivity contribution in [1.29, 1.82) is 10.5 Å². The first-order valence-corrected chi connectivity index (χ1v) is 12.4. The molecule has 0 spiro atoms. The number of phenolic OH excluding ortho intramolecular Hbond substituents is 4. The summed E-state index contributed by atoms with van der Waals surface area (Å²) < 4.78 is 0. The maximum absolute atomic E-state index is 11.2. The number of rotatable bonds is 2. The SMILES string of the molecule is N#CCc1cc2c(O)c(c1)Cc1cccc(c1O)Cc1cc(CC#N)cc(c1O)Cc1cccc(c1O)C2. The number of fused-ring (bicyclic) bond motifs is 8. The molecule has 1 aliphatic rings. The van der Waals surface area contributed by atoms with E-state index in [-0.39, 0.29) is 61.5 Å². The van der Waals surface area contributed by atoms with Crippen LogP contribution in [0.3, 0.4) is 0 Å². The van der Waals surface area contributed by atoms with Gasteiger partial charge in [-0.2, -0.15) is 10.5 Å². The van der Waals surface area contributed by atoms with Crippen LogP contribution in [0.5, 0.6) is 23.0 Å². The molecule has 5 rings (SSSR count). The predicted octanol–water partition coefficient (Wildman–Crippen LogP) is 5.32. The first-order chi connectivity index (χ1) is 18.4. The van der Waals surface area contributed by atoms with Crippen molar-refractivity contribution in [2.75, 3.05) is 0 Å². The lowest BCUT2D eigenvalue weighted by Gasteiger charge is -2.18. The molecule has 0 fully saturated rings. The van der Waals surface area contributed by atoms with Crippen molar-refractivity contribution in [3.05, 3.63) is 116 Å². The van der Waals surface area contributed by atoms with Gasteiger partial charge in [0.1, 0.15) is 23.0 Å². The minimum Gasteiger partial charge on any atom is -0.507 e. The van der Waals surface area contributed by atoms with Gasteiger partial charge in [-0.3, -0.25) is 0 Å². The average molecular weight is 503 g/mol. The zero-order chi connectivity index (χ0) is 26.8. The standard InChI is InChI=1S/C32H26N2O4/c33-9-7-19-11-25-15-21-3-1-4-22(29(21)35)16-26-12-20(8-10-34)14-28(32(26)38)18-24-6-2-5-23(30(24)36)17-27(13-19)31(25)37/h1-6,11-14,35-38H,7-8,15-18H2. The minimum atomic E-state index is 0.0670. The predicted molar refractivity (Wildman–Crippen MR) is 142 cm³/mol. The van der Waals surface area contributed by atoms with Crippen LogP contribution in [0.4, 0.5) is 0 Å². The van der Waals surface area contributed by atoms with Gasteiger partial charge in [-0.1, -0.05) is 60.7 Å². The molecule has 0 aliphatic heterocycles. The summed E-state index contributed by atoms with van der Waals surface area (Å²) in [5, 5.41) is 63.4. The number of nitriles is 2. The molecule has 0 saturated carbocycles. The summed E-state index contributed by atoms with van der Waals surface area (Å²) in [4.78, 5) is 0. The summed E-state index contributed by atoms with van der Waals surface area (Å²) >= 11 is 0. The van der Waals surface area contributed by atoms with Gasteiger partial charge in [0.05, 0.1) is 25.0 Å². The summed E-state index contributed by atoms with van der Waals surface area (Å²) in [7, 11) is 0. The second-order valence-electron chi connectivity index (χ2n) is 9.75. The number of aromatic hydroxyl groups is 4. The van der Waals surface area contributed by atoms with Crippen molar-refractivity contribution in [3.63, 3.8) is 0 Å². The van der Waals surface area contributed by atoms with Crippen LogP contribution < -0.4 is 0 Å². The van der Waals surface area contributed by atoms with Crippen molar-refractivity contribution in [2.24, 2.45) is 0 Å². The molecule has 0 saturated heterocycles. The van der Waals surface area contributed by atoms with Gasteiger partial charge in [-0.25, -0.2) is 0 Å². The van der Waals surface area contributed by atoms with Gasteiger partial charge in [0.2, 0.25) is 0 Å². The first kappa shape index (κ1) is 24.7. The van der Waals surface area contributed by atoms with Crippen LogP contribution >= 0.6 is 0 Å². The minimum absolute atomic E-state index is 0.0670. The van der Waals surface area contributed by atoms with Crippen LogP contribution in [0, 0.1) is 22.7 Å². The molecule has 6 nitrogen and oxygen atoms in total. The Bertz CT molecular complexity index is 1430. The Morgan fingerprint density at radius 1 is 0.474 bits per heavy atom. The largest absolute Gasteiger partial charge is 0.507 e. The van der Waals surface area contributed by atoms with E-state index < -0.39 is 0 Å². The summed E-state index contributed by atoms with van der Waals surface area (Å²) in [6.07, 6.45) is 1.25. The third-order valence-corrected chi connectivity index (χ3v) is 7.15. The third kappa shape index (κ3) is 4.73. The molecule has 0 amide bonds. The lowest BCUT2D eigenvalue weighted by molar-refractivity contribution is 0.450. The maximum atomic E-state index is 11.2. The fourth-order valence-electron chi connectivity index (χ4n) is 5.27. The number of nitrogens with zero attached hydrogens (tertiary/aromatic N) is 2. The third-order valence-electron chi connectivity index (χ3n) is 7.15. The Labute approximate surface area is 220 Å². The average Bonchev–Trinajstić information content (AvgIpc) is 2.89. The molecule has 4 N–H and O–H groups in total. The van der Waals surface area contributed by atoms with Gasteiger partial charge in [-0.15, -0.1) is 0 Å². The van der Waals surface area contributed by atoms with E-state index in [0.717, 1.165) is 11.1 Å². The highest BCUT2D eigenvalue weighted by Crippen LogP contribution is 2.38. The topological polar surface area (TPSA) is 128 Å². The van der Waals surface area contributed by atoms with Crippen molar-refractivity contribution >= 4 is 0 Å². The molecule has 0 radical (unpaired) electrons. The van der Waals surface area contributed by atoms with Crippen LogP contribution in [0.2, 0.25) is 0 Å². The summed E-state index contributed by atoms with van der Waals surface area (Å²) in [6, 6.07) is 22.2. The van der Waals surface area contributed by atoms with Crippen LogP contribution in [-0.2, 0) is 38.5 Å². The molecule has 8 bridgehead atoms. The van der Waals surface area contributed by atoms with Gasteiger partial charge in [0, 0.05) is 25.7 Å². The first-order valence-electron chi connectivity index (χ1n) is 12.4. The summed E-state index contributed by atoms with van der Waals surface area (Å²) in [5.74, 6) is 0.274. The number of phenols is 4. The number of benzene rings is 4. The smallest absolute Gasteiger partial charge is 0.122 e. The second kappa shape index (κ2) is 10.2. The molecule has 188 valence electrons. The molecule has 1 aliphatic carbocycles. The Morgan fingerprint density at radius 2 is 0.737 bits per heavy atom. The van der Waals surface area contributed by atoms with E-state index >= 15 is 0 Å².